The van der Waals surface area contributed by atoms with Crippen LogP contribution in [0.4, 0.5) is 5.69 Å². The number of benzene rings is 1. The highest BCUT2D eigenvalue weighted by Gasteiger charge is 2.27. The third-order valence-electron chi connectivity index (χ3n) is 5.18. The van der Waals surface area contributed by atoms with Crippen molar-refractivity contribution >= 4 is 5.69 Å². The second-order valence-electron chi connectivity index (χ2n) is 6.62. The number of rotatable bonds is 3. The standard InChI is InChI=1S/C18H28N2/c1-14-9-10-18-15(12-14)7-5-11-20(18)13-16-6-3-4-8-17(16)19-2/h9-10,12,16-17,19H,3-8,11,13H2,1-2H3. The van der Waals surface area contributed by atoms with Gasteiger partial charge in [-0.3, -0.25) is 0 Å². The van der Waals surface area contributed by atoms with Gasteiger partial charge in [0.25, 0.3) is 0 Å². The minimum absolute atomic E-state index is 0.722. The highest BCUT2D eigenvalue weighted by molar-refractivity contribution is 5.56. The number of fused-ring (bicyclic) bond motifs is 1. The third-order valence-corrected chi connectivity index (χ3v) is 5.18. The Bertz CT molecular complexity index is 455. The fourth-order valence-corrected chi connectivity index (χ4v) is 4.08. The van der Waals surface area contributed by atoms with Gasteiger partial charge < -0.3 is 10.2 Å². The lowest BCUT2D eigenvalue weighted by molar-refractivity contribution is 0.275. The Hall–Kier alpha value is -1.02. The zero-order chi connectivity index (χ0) is 13.9. The van der Waals surface area contributed by atoms with Crippen molar-refractivity contribution in [1.29, 1.82) is 0 Å². The van der Waals surface area contributed by atoms with Crippen molar-refractivity contribution in [3.8, 4) is 0 Å². The Morgan fingerprint density at radius 2 is 2.05 bits per heavy atom. The summed E-state index contributed by atoms with van der Waals surface area (Å²) in [5.41, 5.74) is 4.46. The van der Waals surface area contributed by atoms with Crippen molar-refractivity contribution < 1.29 is 0 Å². The van der Waals surface area contributed by atoms with Crippen LogP contribution in [0.3, 0.4) is 0 Å². The highest BCUT2D eigenvalue weighted by Crippen LogP contribution is 2.31. The van der Waals surface area contributed by atoms with Gasteiger partial charge in [-0.05, 0) is 57.2 Å². The lowest BCUT2D eigenvalue weighted by Gasteiger charge is -2.39. The van der Waals surface area contributed by atoms with Gasteiger partial charge in [-0.25, -0.2) is 0 Å². The van der Waals surface area contributed by atoms with E-state index in [0.717, 1.165) is 12.0 Å². The van der Waals surface area contributed by atoms with E-state index in [9.17, 15) is 0 Å². The van der Waals surface area contributed by atoms with Crippen molar-refractivity contribution in [2.75, 3.05) is 25.0 Å². The molecule has 20 heavy (non-hydrogen) atoms. The molecule has 2 heteroatoms. The molecular weight excluding hydrogens is 244 g/mol. The summed E-state index contributed by atoms with van der Waals surface area (Å²) in [7, 11) is 2.14. The van der Waals surface area contributed by atoms with E-state index < -0.39 is 0 Å². The van der Waals surface area contributed by atoms with Crippen LogP contribution in [0.2, 0.25) is 0 Å². The normalized spacial score (nSPS) is 26.4. The lowest BCUT2D eigenvalue weighted by Crippen LogP contribution is -2.44. The molecule has 2 nitrogen and oxygen atoms in total. The summed E-state index contributed by atoms with van der Waals surface area (Å²) in [6.07, 6.45) is 8.13. The molecule has 1 fully saturated rings. The van der Waals surface area contributed by atoms with E-state index in [-0.39, 0.29) is 0 Å². The van der Waals surface area contributed by atoms with Gasteiger partial charge in [0.15, 0.2) is 0 Å². The van der Waals surface area contributed by atoms with E-state index in [0.29, 0.717) is 0 Å². The molecule has 1 heterocycles. The van der Waals surface area contributed by atoms with Crippen molar-refractivity contribution in [3.63, 3.8) is 0 Å². The smallest absolute Gasteiger partial charge is 0.0399 e. The van der Waals surface area contributed by atoms with Crippen LogP contribution < -0.4 is 10.2 Å². The molecular formula is C18H28N2. The summed E-state index contributed by atoms with van der Waals surface area (Å²) in [6.45, 7) is 4.68. The number of aryl methyl sites for hydroxylation is 2. The van der Waals surface area contributed by atoms with E-state index in [1.807, 2.05) is 0 Å². The Balaban J connectivity index is 1.75. The number of hydrogen-bond acceptors (Lipinski definition) is 2. The number of nitrogens with zero attached hydrogens (tertiary/aromatic N) is 1. The molecule has 1 aromatic carbocycles. The van der Waals surface area contributed by atoms with Gasteiger partial charge >= 0.3 is 0 Å². The molecule has 110 valence electrons. The van der Waals surface area contributed by atoms with Crippen LogP contribution in [0.25, 0.3) is 0 Å². The van der Waals surface area contributed by atoms with E-state index in [1.54, 1.807) is 5.56 Å². The fraction of sp³-hybridized carbons (Fsp3) is 0.667. The van der Waals surface area contributed by atoms with E-state index in [2.05, 4.69) is 42.4 Å². The molecule has 0 aromatic heterocycles. The first-order valence-corrected chi connectivity index (χ1v) is 8.29. The molecule has 1 aliphatic carbocycles. The molecule has 1 aliphatic heterocycles. The topological polar surface area (TPSA) is 15.3 Å². The second-order valence-corrected chi connectivity index (χ2v) is 6.62. The Kier molecular flexibility index (Phi) is 4.30. The molecule has 0 bridgehead atoms. The summed E-state index contributed by atoms with van der Waals surface area (Å²) < 4.78 is 0. The SMILES string of the molecule is CNC1CCCCC1CN1CCCc2cc(C)ccc21. The zero-order valence-corrected chi connectivity index (χ0v) is 13.0. The molecule has 0 saturated heterocycles. The summed E-state index contributed by atoms with van der Waals surface area (Å²) in [5.74, 6) is 0.820. The quantitative estimate of drug-likeness (QED) is 0.905. The monoisotopic (exact) mass is 272 g/mol. The minimum atomic E-state index is 0.722. The first kappa shape index (κ1) is 13.9. The van der Waals surface area contributed by atoms with E-state index in [1.165, 1.54) is 62.9 Å². The van der Waals surface area contributed by atoms with Gasteiger partial charge in [-0.15, -0.1) is 0 Å². The average Bonchev–Trinajstić information content (AvgIpc) is 2.47. The van der Waals surface area contributed by atoms with Crippen molar-refractivity contribution in [3.05, 3.63) is 29.3 Å². The largest absolute Gasteiger partial charge is 0.371 e. The molecule has 3 rings (SSSR count). The van der Waals surface area contributed by atoms with Crippen LogP contribution in [-0.4, -0.2) is 26.2 Å². The molecule has 0 spiro atoms. The average molecular weight is 272 g/mol. The van der Waals surface area contributed by atoms with Crippen LogP contribution in [0.5, 0.6) is 0 Å². The van der Waals surface area contributed by atoms with Gasteiger partial charge in [0.1, 0.15) is 0 Å². The second kappa shape index (κ2) is 6.17. The first-order valence-electron chi connectivity index (χ1n) is 8.29. The molecule has 1 N–H and O–H groups in total. The molecule has 1 saturated carbocycles. The number of anilines is 1. The molecule has 2 aliphatic rings. The van der Waals surface area contributed by atoms with Crippen LogP contribution in [-0.2, 0) is 6.42 Å². The Morgan fingerprint density at radius 3 is 2.90 bits per heavy atom. The highest BCUT2D eigenvalue weighted by atomic mass is 15.1. The van der Waals surface area contributed by atoms with E-state index >= 15 is 0 Å². The number of hydrogen-bond donors (Lipinski definition) is 1. The van der Waals surface area contributed by atoms with Crippen molar-refractivity contribution in [2.24, 2.45) is 5.92 Å². The molecule has 2 atom stereocenters. The van der Waals surface area contributed by atoms with Gasteiger partial charge in [0.2, 0.25) is 0 Å². The van der Waals surface area contributed by atoms with Crippen LogP contribution >= 0.6 is 0 Å². The minimum Gasteiger partial charge on any atom is -0.371 e. The van der Waals surface area contributed by atoms with Crippen molar-refractivity contribution in [1.82, 2.24) is 5.32 Å². The third kappa shape index (κ3) is 2.85. The van der Waals surface area contributed by atoms with E-state index in [4.69, 9.17) is 0 Å². The van der Waals surface area contributed by atoms with Crippen LogP contribution in [0, 0.1) is 12.8 Å². The molecule has 1 aromatic rings. The maximum Gasteiger partial charge on any atom is 0.0399 e. The summed E-state index contributed by atoms with van der Waals surface area (Å²) in [6, 6.07) is 7.73. The summed E-state index contributed by atoms with van der Waals surface area (Å²) in [4.78, 5) is 2.65. The molecule has 2 unspecified atom stereocenters. The van der Waals surface area contributed by atoms with Gasteiger partial charge in [0.05, 0.1) is 0 Å². The molecule has 0 amide bonds. The zero-order valence-electron chi connectivity index (χ0n) is 13.0. The Labute approximate surface area is 123 Å². The Morgan fingerprint density at radius 1 is 1.20 bits per heavy atom. The predicted molar refractivity (Wildman–Crippen MR) is 86.5 cm³/mol. The predicted octanol–water partition coefficient (Wildman–Crippen LogP) is 3.53. The lowest BCUT2D eigenvalue weighted by atomic mass is 9.83. The fourth-order valence-electron chi connectivity index (χ4n) is 4.08. The van der Waals surface area contributed by atoms with Crippen LogP contribution in [0.1, 0.15) is 43.2 Å². The van der Waals surface area contributed by atoms with Gasteiger partial charge in [-0.1, -0.05) is 30.5 Å². The first-order chi connectivity index (χ1) is 9.78. The van der Waals surface area contributed by atoms with Crippen molar-refractivity contribution in [2.45, 2.75) is 51.5 Å². The van der Waals surface area contributed by atoms with Crippen LogP contribution in [0.15, 0.2) is 18.2 Å². The summed E-state index contributed by atoms with van der Waals surface area (Å²) in [5, 5.41) is 3.55. The van der Waals surface area contributed by atoms with Gasteiger partial charge in [-0.2, -0.15) is 0 Å². The maximum atomic E-state index is 3.55. The summed E-state index contributed by atoms with van der Waals surface area (Å²) >= 11 is 0. The molecule has 0 radical (unpaired) electrons. The van der Waals surface area contributed by atoms with Gasteiger partial charge in [0, 0.05) is 24.8 Å². The number of nitrogens with one attached hydrogen (secondary N) is 1. The maximum absolute atomic E-state index is 3.55.